The van der Waals surface area contributed by atoms with Crippen LogP contribution in [0.2, 0.25) is 0 Å². The molecule has 5 nitrogen and oxygen atoms in total. The summed E-state index contributed by atoms with van der Waals surface area (Å²) in [5, 5.41) is 11.3. The van der Waals surface area contributed by atoms with Crippen LogP contribution in [0.4, 0.5) is 0 Å². The number of hydrogen-bond acceptors (Lipinski definition) is 5. The Kier molecular flexibility index (Phi) is 4.63. The van der Waals surface area contributed by atoms with Crippen LogP contribution in [0.3, 0.4) is 0 Å². The smallest absolute Gasteiger partial charge is 0.277 e. The molecule has 0 spiro atoms. The Labute approximate surface area is 111 Å². The van der Waals surface area contributed by atoms with Gasteiger partial charge in [-0.25, -0.2) is 0 Å². The van der Waals surface area contributed by atoms with Crippen molar-refractivity contribution in [3.63, 3.8) is 0 Å². The maximum atomic E-state index is 11.7. The molecule has 0 aliphatic heterocycles. The van der Waals surface area contributed by atoms with Crippen LogP contribution < -0.4 is 5.32 Å². The topological polar surface area (TPSA) is 68.0 Å². The predicted octanol–water partition coefficient (Wildman–Crippen LogP) is 2.34. The molecule has 0 saturated heterocycles. The van der Waals surface area contributed by atoms with E-state index < -0.39 is 0 Å². The predicted molar refractivity (Wildman–Crippen MR) is 69.5 cm³/mol. The molecule has 1 heterocycles. The number of nitrogens with zero attached hydrogens (tertiary/aromatic N) is 2. The first-order valence-corrected chi connectivity index (χ1v) is 7.39. The summed E-state index contributed by atoms with van der Waals surface area (Å²) in [5.74, 6) is 1.24. The van der Waals surface area contributed by atoms with Gasteiger partial charge in [0.2, 0.25) is 11.8 Å². The summed E-state index contributed by atoms with van der Waals surface area (Å²) in [6, 6.07) is 0.368. The first-order valence-electron chi connectivity index (χ1n) is 6.40. The van der Waals surface area contributed by atoms with E-state index in [1.807, 2.05) is 13.8 Å². The fourth-order valence-electron chi connectivity index (χ4n) is 1.98. The van der Waals surface area contributed by atoms with Crippen molar-refractivity contribution in [1.29, 1.82) is 0 Å². The quantitative estimate of drug-likeness (QED) is 0.831. The summed E-state index contributed by atoms with van der Waals surface area (Å²) in [7, 11) is 0. The number of hydrogen-bond donors (Lipinski definition) is 1. The molecular weight excluding hydrogens is 250 g/mol. The molecule has 18 heavy (non-hydrogen) atoms. The zero-order chi connectivity index (χ0) is 13.0. The van der Waals surface area contributed by atoms with E-state index in [1.54, 1.807) is 0 Å². The standard InChI is InChI=1S/C12H19N3O2S/c1-8(2)11-14-15-12(17-11)18-7-10(16)13-9-5-3-4-6-9/h8-9H,3-7H2,1-2H3,(H,13,16). The van der Waals surface area contributed by atoms with Gasteiger partial charge in [0.25, 0.3) is 5.22 Å². The van der Waals surface area contributed by atoms with Crippen molar-refractivity contribution in [3.05, 3.63) is 5.89 Å². The van der Waals surface area contributed by atoms with Gasteiger partial charge in [-0.3, -0.25) is 4.79 Å². The number of carbonyl (C=O) groups excluding carboxylic acids is 1. The number of nitrogens with one attached hydrogen (secondary N) is 1. The van der Waals surface area contributed by atoms with E-state index in [2.05, 4.69) is 15.5 Å². The van der Waals surface area contributed by atoms with Crippen LogP contribution in [0.5, 0.6) is 0 Å². The summed E-state index contributed by atoms with van der Waals surface area (Å²) >= 11 is 1.30. The van der Waals surface area contributed by atoms with Gasteiger partial charge < -0.3 is 9.73 Å². The first kappa shape index (κ1) is 13.4. The van der Waals surface area contributed by atoms with Gasteiger partial charge in [-0.15, -0.1) is 10.2 Å². The SMILES string of the molecule is CC(C)c1nnc(SCC(=O)NC2CCCC2)o1. The van der Waals surface area contributed by atoms with E-state index in [0.717, 1.165) is 12.8 Å². The lowest BCUT2D eigenvalue weighted by Crippen LogP contribution is -2.33. The number of carbonyl (C=O) groups is 1. The Balaban J connectivity index is 1.74. The van der Waals surface area contributed by atoms with Crippen LogP contribution in [0.25, 0.3) is 0 Å². The van der Waals surface area contributed by atoms with Crippen molar-refractivity contribution < 1.29 is 9.21 Å². The monoisotopic (exact) mass is 269 g/mol. The second-order valence-electron chi connectivity index (χ2n) is 4.90. The van der Waals surface area contributed by atoms with Crippen LogP contribution in [0.1, 0.15) is 51.3 Å². The van der Waals surface area contributed by atoms with Crippen LogP contribution in [0, 0.1) is 0 Å². The summed E-state index contributed by atoms with van der Waals surface area (Å²) in [4.78, 5) is 11.7. The number of rotatable bonds is 5. The molecule has 0 unspecified atom stereocenters. The van der Waals surface area contributed by atoms with Crippen LogP contribution in [-0.2, 0) is 4.79 Å². The third-order valence-corrected chi connectivity index (χ3v) is 3.78. The van der Waals surface area contributed by atoms with E-state index in [-0.39, 0.29) is 11.8 Å². The van der Waals surface area contributed by atoms with E-state index in [9.17, 15) is 4.79 Å². The highest BCUT2D eigenvalue weighted by Crippen LogP contribution is 2.21. The summed E-state index contributed by atoms with van der Waals surface area (Å²) in [5.41, 5.74) is 0. The molecule has 0 radical (unpaired) electrons. The number of aromatic nitrogens is 2. The molecule has 0 aromatic carbocycles. The fraction of sp³-hybridized carbons (Fsp3) is 0.750. The van der Waals surface area contributed by atoms with Gasteiger partial charge in [0.1, 0.15) is 0 Å². The minimum atomic E-state index is 0.0520. The maximum absolute atomic E-state index is 11.7. The highest BCUT2D eigenvalue weighted by atomic mass is 32.2. The Bertz CT molecular complexity index is 400. The lowest BCUT2D eigenvalue weighted by molar-refractivity contribution is -0.119. The van der Waals surface area contributed by atoms with Gasteiger partial charge in [0.15, 0.2) is 0 Å². The zero-order valence-electron chi connectivity index (χ0n) is 10.8. The van der Waals surface area contributed by atoms with Crippen molar-refractivity contribution >= 4 is 17.7 Å². The molecule has 1 aromatic heterocycles. The minimum Gasteiger partial charge on any atom is -0.416 e. The molecule has 1 aliphatic carbocycles. The van der Waals surface area contributed by atoms with Gasteiger partial charge in [-0.1, -0.05) is 38.5 Å². The molecule has 1 fully saturated rings. The molecule has 0 atom stereocenters. The fourth-order valence-corrected chi connectivity index (χ4v) is 2.56. The average Bonchev–Trinajstić information content (AvgIpc) is 2.96. The van der Waals surface area contributed by atoms with Crippen molar-refractivity contribution in [2.75, 3.05) is 5.75 Å². The maximum Gasteiger partial charge on any atom is 0.277 e. The lowest BCUT2D eigenvalue weighted by Gasteiger charge is -2.10. The van der Waals surface area contributed by atoms with Crippen LogP contribution >= 0.6 is 11.8 Å². The normalized spacial score (nSPS) is 16.4. The van der Waals surface area contributed by atoms with Gasteiger partial charge in [0.05, 0.1) is 5.75 Å². The molecule has 1 aliphatic rings. The molecular formula is C12H19N3O2S. The number of amides is 1. The molecule has 6 heteroatoms. The summed E-state index contributed by atoms with van der Waals surface area (Å²) in [6.07, 6.45) is 4.65. The van der Waals surface area contributed by atoms with E-state index in [4.69, 9.17) is 4.42 Å². The van der Waals surface area contributed by atoms with Gasteiger partial charge in [0, 0.05) is 12.0 Å². The molecule has 100 valence electrons. The molecule has 1 amide bonds. The third kappa shape index (κ3) is 3.73. The van der Waals surface area contributed by atoms with Crippen LogP contribution in [0.15, 0.2) is 9.64 Å². The van der Waals surface area contributed by atoms with Crippen LogP contribution in [-0.4, -0.2) is 27.9 Å². The van der Waals surface area contributed by atoms with Crippen molar-refractivity contribution in [2.45, 2.75) is 56.7 Å². The van der Waals surface area contributed by atoms with Crippen molar-refractivity contribution in [2.24, 2.45) is 0 Å². The zero-order valence-corrected chi connectivity index (χ0v) is 11.6. The Morgan fingerprint density at radius 2 is 2.17 bits per heavy atom. The second-order valence-corrected chi connectivity index (χ2v) is 5.83. The van der Waals surface area contributed by atoms with Gasteiger partial charge >= 0.3 is 0 Å². The molecule has 0 bridgehead atoms. The first-order chi connectivity index (χ1) is 8.65. The van der Waals surface area contributed by atoms with Crippen molar-refractivity contribution in [1.82, 2.24) is 15.5 Å². The van der Waals surface area contributed by atoms with Gasteiger partial charge in [-0.05, 0) is 12.8 Å². The molecule has 1 aromatic rings. The highest BCUT2D eigenvalue weighted by Gasteiger charge is 2.18. The molecule has 1 N–H and O–H groups in total. The average molecular weight is 269 g/mol. The summed E-state index contributed by atoms with van der Waals surface area (Å²) < 4.78 is 5.43. The minimum absolute atomic E-state index is 0.0520. The Morgan fingerprint density at radius 3 is 2.78 bits per heavy atom. The largest absolute Gasteiger partial charge is 0.416 e. The van der Waals surface area contributed by atoms with Crippen molar-refractivity contribution in [3.8, 4) is 0 Å². The lowest BCUT2D eigenvalue weighted by atomic mass is 10.2. The van der Waals surface area contributed by atoms with E-state index in [1.165, 1.54) is 24.6 Å². The molecule has 1 saturated carbocycles. The second kappa shape index (κ2) is 6.22. The van der Waals surface area contributed by atoms with E-state index >= 15 is 0 Å². The Hall–Kier alpha value is -1.04. The number of thioether (sulfide) groups is 1. The Morgan fingerprint density at radius 1 is 1.44 bits per heavy atom. The van der Waals surface area contributed by atoms with Gasteiger partial charge in [-0.2, -0.15) is 0 Å². The molecule has 2 rings (SSSR count). The summed E-state index contributed by atoms with van der Waals surface area (Å²) in [6.45, 7) is 3.99. The highest BCUT2D eigenvalue weighted by molar-refractivity contribution is 7.99. The van der Waals surface area contributed by atoms with E-state index in [0.29, 0.717) is 22.9 Å². The third-order valence-electron chi connectivity index (χ3n) is 2.96.